The second-order valence-corrected chi connectivity index (χ2v) is 4.47. The molecule has 0 aliphatic carbocycles. The molecule has 0 saturated carbocycles. The fourth-order valence-electron chi connectivity index (χ4n) is 1.72. The lowest BCUT2D eigenvalue weighted by Gasteiger charge is -2.18. The predicted octanol–water partition coefficient (Wildman–Crippen LogP) is 1.73. The van der Waals surface area contributed by atoms with Crippen molar-refractivity contribution in [2.45, 2.75) is 23.8 Å². The normalized spacial score (nSPS) is 22.8. The van der Waals surface area contributed by atoms with Gasteiger partial charge in [0.05, 0.1) is 0 Å². The molecule has 2 nitrogen and oxygen atoms in total. The largest absolute Gasteiger partial charge is 0.271 e. The number of fused-ring (bicyclic) bond motifs is 1. The summed E-state index contributed by atoms with van der Waals surface area (Å²) in [4.78, 5) is 1.41. The Balaban J connectivity index is 2.28. The molecule has 1 aliphatic rings. The minimum absolute atomic E-state index is 0.358. The van der Waals surface area contributed by atoms with E-state index < -0.39 is 0 Å². The van der Waals surface area contributed by atoms with Crippen LogP contribution in [0.25, 0.3) is 0 Å². The van der Waals surface area contributed by atoms with Crippen molar-refractivity contribution in [1.82, 2.24) is 5.43 Å². The van der Waals surface area contributed by atoms with Gasteiger partial charge in [0.1, 0.15) is 0 Å². The molecular weight excluding hydrogens is 180 g/mol. The van der Waals surface area contributed by atoms with Crippen LogP contribution in [-0.4, -0.2) is 11.8 Å². The zero-order valence-corrected chi connectivity index (χ0v) is 8.47. The van der Waals surface area contributed by atoms with Crippen molar-refractivity contribution in [3.8, 4) is 0 Å². The van der Waals surface area contributed by atoms with Crippen LogP contribution in [0.2, 0.25) is 0 Å². The second kappa shape index (κ2) is 3.70. The van der Waals surface area contributed by atoms with Crippen molar-refractivity contribution >= 4 is 11.8 Å². The molecule has 70 valence electrons. The van der Waals surface area contributed by atoms with E-state index in [0.29, 0.717) is 12.0 Å². The van der Waals surface area contributed by atoms with Gasteiger partial charge in [-0.15, -0.1) is 11.8 Å². The number of hydrazine groups is 1. The Labute approximate surface area is 82.9 Å². The van der Waals surface area contributed by atoms with Gasteiger partial charge in [0, 0.05) is 22.6 Å². The van der Waals surface area contributed by atoms with Gasteiger partial charge < -0.3 is 0 Å². The van der Waals surface area contributed by atoms with Crippen LogP contribution in [0.5, 0.6) is 0 Å². The first kappa shape index (κ1) is 9.06. The zero-order valence-electron chi connectivity index (χ0n) is 7.66. The molecule has 0 fully saturated rings. The van der Waals surface area contributed by atoms with Crippen LogP contribution >= 0.6 is 11.8 Å². The van der Waals surface area contributed by atoms with Gasteiger partial charge in [0.2, 0.25) is 0 Å². The molecule has 2 atom stereocenters. The average molecular weight is 194 g/mol. The molecule has 1 aromatic carbocycles. The number of rotatable bonds is 2. The minimum Gasteiger partial charge on any atom is -0.271 e. The van der Waals surface area contributed by atoms with E-state index >= 15 is 0 Å². The van der Waals surface area contributed by atoms with Crippen molar-refractivity contribution in [2.24, 2.45) is 5.84 Å². The highest BCUT2D eigenvalue weighted by atomic mass is 32.2. The average Bonchev–Trinajstić information content (AvgIpc) is 2.60. The fraction of sp³-hybridized carbons (Fsp3) is 0.400. The van der Waals surface area contributed by atoms with Crippen LogP contribution in [0.3, 0.4) is 0 Å². The molecule has 0 bridgehead atoms. The van der Waals surface area contributed by atoms with E-state index in [4.69, 9.17) is 5.84 Å². The highest BCUT2D eigenvalue weighted by molar-refractivity contribution is 7.99. The summed E-state index contributed by atoms with van der Waals surface area (Å²) in [7, 11) is 0. The Morgan fingerprint density at radius 3 is 3.08 bits per heavy atom. The molecule has 0 saturated heterocycles. The maximum Gasteiger partial charge on any atom is 0.0259 e. The maximum atomic E-state index is 5.45. The van der Waals surface area contributed by atoms with E-state index in [9.17, 15) is 0 Å². The van der Waals surface area contributed by atoms with E-state index in [1.165, 1.54) is 10.5 Å². The fourth-order valence-corrected chi connectivity index (χ4v) is 3.11. The smallest absolute Gasteiger partial charge is 0.0259 e. The molecule has 3 N–H and O–H groups in total. The Hall–Kier alpha value is -0.510. The molecule has 2 rings (SSSR count). The molecule has 1 aliphatic heterocycles. The molecule has 3 heteroatoms. The zero-order chi connectivity index (χ0) is 9.26. The molecule has 0 radical (unpaired) electrons. The van der Waals surface area contributed by atoms with Gasteiger partial charge in [0.25, 0.3) is 0 Å². The first-order valence-electron chi connectivity index (χ1n) is 4.51. The summed E-state index contributed by atoms with van der Waals surface area (Å²) in [5, 5.41) is 0. The van der Waals surface area contributed by atoms with E-state index in [0.717, 1.165) is 5.75 Å². The van der Waals surface area contributed by atoms with Crippen LogP contribution in [0.1, 0.15) is 18.4 Å². The highest BCUT2D eigenvalue weighted by Gasteiger charge is 2.26. The standard InChI is InChI=1S/C10H14N2S/c1-7(12-11)9-6-13-10-5-3-2-4-8(9)10/h2-5,7,9,12H,6,11H2,1H3. The summed E-state index contributed by atoms with van der Waals surface area (Å²) < 4.78 is 0. The van der Waals surface area contributed by atoms with Crippen molar-refractivity contribution in [3.63, 3.8) is 0 Å². The summed E-state index contributed by atoms with van der Waals surface area (Å²) >= 11 is 1.92. The molecule has 13 heavy (non-hydrogen) atoms. The monoisotopic (exact) mass is 194 g/mol. The molecular formula is C10H14N2S. The minimum atomic E-state index is 0.358. The number of thioether (sulfide) groups is 1. The summed E-state index contributed by atoms with van der Waals surface area (Å²) in [6.07, 6.45) is 0. The molecule has 0 aromatic heterocycles. The van der Waals surface area contributed by atoms with Gasteiger partial charge >= 0.3 is 0 Å². The predicted molar refractivity (Wildman–Crippen MR) is 56.7 cm³/mol. The third kappa shape index (κ3) is 1.59. The topological polar surface area (TPSA) is 38.0 Å². The van der Waals surface area contributed by atoms with E-state index in [1.54, 1.807) is 0 Å². The van der Waals surface area contributed by atoms with Crippen LogP contribution in [0.15, 0.2) is 29.2 Å². The number of hydrogen-bond acceptors (Lipinski definition) is 3. The Kier molecular flexibility index (Phi) is 2.58. The maximum absolute atomic E-state index is 5.45. The van der Waals surface area contributed by atoms with Crippen molar-refractivity contribution < 1.29 is 0 Å². The van der Waals surface area contributed by atoms with Crippen molar-refractivity contribution in [1.29, 1.82) is 0 Å². The molecule has 2 unspecified atom stereocenters. The first-order valence-corrected chi connectivity index (χ1v) is 5.49. The van der Waals surface area contributed by atoms with Gasteiger partial charge in [-0.25, -0.2) is 0 Å². The van der Waals surface area contributed by atoms with Gasteiger partial charge in [-0.05, 0) is 18.6 Å². The Morgan fingerprint density at radius 1 is 1.54 bits per heavy atom. The Bertz CT molecular complexity index is 301. The van der Waals surface area contributed by atoms with Gasteiger partial charge in [0.15, 0.2) is 0 Å². The van der Waals surface area contributed by atoms with Crippen LogP contribution < -0.4 is 11.3 Å². The number of benzene rings is 1. The summed E-state index contributed by atoms with van der Waals surface area (Å²) in [5.74, 6) is 7.15. The number of hydrogen-bond donors (Lipinski definition) is 2. The van der Waals surface area contributed by atoms with Gasteiger partial charge in [-0.1, -0.05) is 18.2 Å². The molecule has 0 spiro atoms. The summed E-state index contributed by atoms with van der Waals surface area (Å²) in [6, 6.07) is 8.93. The van der Waals surface area contributed by atoms with E-state index in [-0.39, 0.29) is 0 Å². The number of nitrogens with one attached hydrogen (secondary N) is 1. The lowest BCUT2D eigenvalue weighted by Crippen LogP contribution is -2.37. The highest BCUT2D eigenvalue weighted by Crippen LogP contribution is 2.40. The third-order valence-corrected chi connectivity index (χ3v) is 3.81. The first-order chi connectivity index (χ1) is 6.33. The third-order valence-electron chi connectivity index (χ3n) is 2.60. The molecule has 1 heterocycles. The van der Waals surface area contributed by atoms with Crippen LogP contribution in [0, 0.1) is 0 Å². The van der Waals surface area contributed by atoms with Crippen molar-refractivity contribution in [2.75, 3.05) is 5.75 Å². The lowest BCUT2D eigenvalue weighted by molar-refractivity contribution is 0.501. The van der Waals surface area contributed by atoms with Gasteiger partial charge in [-0.2, -0.15) is 0 Å². The summed E-state index contributed by atoms with van der Waals surface area (Å²) in [5.41, 5.74) is 4.28. The van der Waals surface area contributed by atoms with Crippen LogP contribution in [-0.2, 0) is 0 Å². The van der Waals surface area contributed by atoms with E-state index in [1.807, 2.05) is 11.8 Å². The lowest BCUT2D eigenvalue weighted by atomic mass is 9.95. The molecule has 1 aromatic rings. The number of nitrogens with two attached hydrogens (primary N) is 1. The quantitative estimate of drug-likeness (QED) is 0.556. The Morgan fingerprint density at radius 2 is 2.31 bits per heavy atom. The molecule has 0 amide bonds. The van der Waals surface area contributed by atoms with Crippen molar-refractivity contribution in [3.05, 3.63) is 29.8 Å². The van der Waals surface area contributed by atoms with E-state index in [2.05, 4.69) is 36.6 Å². The SMILES string of the molecule is CC(NN)C1CSc2ccccc21. The van der Waals surface area contributed by atoms with Gasteiger partial charge in [-0.3, -0.25) is 11.3 Å². The van der Waals surface area contributed by atoms with Crippen LogP contribution in [0.4, 0.5) is 0 Å². The summed E-state index contributed by atoms with van der Waals surface area (Å²) in [6.45, 7) is 2.13. The second-order valence-electron chi connectivity index (χ2n) is 3.41.